The summed E-state index contributed by atoms with van der Waals surface area (Å²) in [6.07, 6.45) is -1.61. The highest BCUT2D eigenvalue weighted by Gasteiger charge is 2.26. The van der Waals surface area contributed by atoms with Crippen molar-refractivity contribution in [3.05, 3.63) is 35.9 Å². The molecule has 0 saturated carbocycles. The fourth-order valence-corrected chi connectivity index (χ4v) is 1.13. The van der Waals surface area contributed by atoms with E-state index in [0.717, 1.165) is 6.92 Å². The van der Waals surface area contributed by atoms with Gasteiger partial charge in [-0.3, -0.25) is 0 Å². The lowest BCUT2D eigenvalue weighted by Crippen LogP contribution is -2.14. The number of hydrogen-bond acceptors (Lipinski definition) is 1. The minimum Gasteiger partial charge on any atom is -0.388 e. The molecule has 13 heavy (non-hydrogen) atoms. The van der Waals surface area contributed by atoms with E-state index >= 15 is 0 Å². The molecule has 0 heterocycles. The largest absolute Gasteiger partial charge is 0.388 e. The van der Waals surface area contributed by atoms with Crippen LogP contribution < -0.4 is 0 Å². The molecule has 0 aromatic heterocycles. The third-order valence-corrected chi connectivity index (χ3v) is 1.74. The Hall–Kier alpha value is -0.960. The van der Waals surface area contributed by atoms with Crippen LogP contribution in [-0.4, -0.2) is 11.0 Å². The molecule has 1 rings (SSSR count). The lowest BCUT2D eigenvalue weighted by molar-refractivity contribution is -0.0284. The Kier molecular flexibility index (Phi) is 2.98. The van der Waals surface area contributed by atoms with Crippen molar-refractivity contribution < 1.29 is 13.9 Å². The number of aliphatic hydroxyl groups excluding tert-OH is 1. The summed E-state index contributed by atoms with van der Waals surface area (Å²) >= 11 is 0. The highest BCUT2D eigenvalue weighted by atomic mass is 19.3. The topological polar surface area (TPSA) is 20.2 Å². The van der Waals surface area contributed by atoms with E-state index in [9.17, 15) is 13.9 Å². The molecule has 3 heteroatoms. The van der Waals surface area contributed by atoms with Crippen LogP contribution in [0.2, 0.25) is 0 Å². The zero-order chi connectivity index (χ0) is 9.90. The van der Waals surface area contributed by atoms with E-state index in [1.165, 1.54) is 0 Å². The summed E-state index contributed by atoms with van der Waals surface area (Å²) in [5.74, 6) is -2.82. The molecule has 0 aliphatic rings. The van der Waals surface area contributed by atoms with Gasteiger partial charge in [0.2, 0.25) is 5.92 Å². The summed E-state index contributed by atoms with van der Waals surface area (Å²) in [6, 6.07) is 8.48. The van der Waals surface area contributed by atoms with Crippen LogP contribution in [0, 0.1) is 0 Å². The predicted molar refractivity (Wildman–Crippen MR) is 46.6 cm³/mol. The summed E-state index contributed by atoms with van der Waals surface area (Å²) in [4.78, 5) is 0. The number of hydrogen-bond donors (Lipinski definition) is 1. The number of aliphatic hydroxyl groups is 1. The first-order valence-corrected chi connectivity index (χ1v) is 4.10. The summed E-state index contributed by atoms with van der Waals surface area (Å²) < 4.78 is 25.0. The minimum absolute atomic E-state index is 0.531. The van der Waals surface area contributed by atoms with Crippen LogP contribution in [0.3, 0.4) is 0 Å². The van der Waals surface area contributed by atoms with Gasteiger partial charge < -0.3 is 5.11 Å². The summed E-state index contributed by atoms with van der Waals surface area (Å²) in [5, 5.41) is 9.38. The van der Waals surface area contributed by atoms with E-state index in [0.29, 0.717) is 5.56 Å². The van der Waals surface area contributed by atoms with Crippen molar-refractivity contribution in [3.8, 4) is 0 Å². The second-order valence-electron chi connectivity index (χ2n) is 3.20. The molecule has 1 aromatic rings. The van der Waals surface area contributed by atoms with Crippen molar-refractivity contribution in [3.63, 3.8) is 0 Å². The Labute approximate surface area is 76.0 Å². The van der Waals surface area contributed by atoms with Gasteiger partial charge in [0, 0.05) is 6.42 Å². The molecule has 0 aliphatic heterocycles. The van der Waals surface area contributed by atoms with Crippen LogP contribution in [-0.2, 0) is 0 Å². The molecule has 1 nitrogen and oxygen atoms in total. The monoisotopic (exact) mass is 186 g/mol. The Bertz CT molecular complexity index is 253. The molecule has 0 radical (unpaired) electrons. The normalized spacial score (nSPS) is 14.2. The second-order valence-corrected chi connectivity index (χ2v) is 3.20. The molecular formula is C10H12F2O. The van der Waals surface area contributed by atoms with Crippen molar-refractivity contribution in [2.75, 3.05) is 0 Å². The molecule has 1 N–H and O–H groups in total. The van der Waals surface area contributed by atoms with Crippen molar-refractivity contribution >= 4 is 0 Å². The standard InChI is InChI=1S/C10H12F2O/c1-10(11,12)7-9(13)8-5-3-2-4-6-8/h2-6,9,13H,7H2,1H3. The molecular weight excluding hydrogens is 174 g/mol. The quantitative estimate of drug-likeness (QED) is 0.769. The van der Waals surface area contributed by atoms with Gasteiger partial charge in [0.05, 0.1) is 6.10 Å². The van der Waals surface area contributed by atoms with Gasteiger partial charge in [0.25, 0.3) is 0 Å². The maximum Gasteiger partial charge on any atom is 0.248 e. The molecule has 0 bridgehead atoms. The third-order valence-electron chi connectivity index (χ3n) is 1.74. The fraction of sp³-hybridized carbons (Fsp3) is 0.400. The smallest absolute Gasteiger partial charge is 0.248 e. The van der Waals surface area contributed by atoms with Gasteiger partial charge in [-0.05, 0) is 12.5 Å². The SMILES string of the molecule is CC(F)(F)CC(O)c1ccccc1. The van der Waals surface area contributed by atoms with Crippen LogP contribution in [0.4, 0.5) is 8.78 Å². The lowest BCUT2D eigenvalue weighted by atomic mass is 10.0. The Morgan fingerprint density at radius 2 is 1.85 bits per heavy atom. The van der Waals surface area contributed by atoms with E-state index in [1.54, 1.807) is 30.3 Å². The van der Waals surface area contributed by atoms with Gasteiger partial charge in [0.1, 0.15) is 0 Å². The number of rotatable bonds is 3. The van der Waals surface area contributed by atoms with Crippen LogP contribution in [0.1, 0.15) is 25.0 Å². The lowest BCUT2D eigenvalue weighted by Gasteiger charge is -2.15. The second kappa shape index (κ2) is 3.83. The molecule has 0 aliphatic carbocycles. The van der Waals surface area contributed by atoms with Crippen LogP contribution in [0.25, 0.3) is 0 Å². The number of halogens is 2. The van der Waals surface area contributed by atoms with Gasteiger partial charge >= 0.3 is 0 Å². The fourth-order valence-electron chi connectivity index (χ4n) is 1.13. The predicted octanol–water partition coefficient (Wildman–Crippen LogP) is 2.77. The Balaban J connectivity index is 2.64. The summed E-state index contributed by atoms with van der Waals surface area (Å²) in [5.41, 5.74) is 0.532. The van der Waals surface area contributed by atoms with Crippen molar-refractivity contribution in [1.29, 1.82) is 0 Å². The molecule has 0 amide bonds. The van der Waals surface area contributed by atoms with E-state index in [-0.39, 0.29) is 0 Å². The van der Waals surface area contributed by atoms with E-state index < -0.39 is 18.4 Å². The van der Waals surface area contributed by atoms with E-state index in [2.05, 4.69) is 0 Å². The first kappa shape index (κ1) is 10.1. The number of alkyl halides is 2. The van der Waals surface area contributed by atoms with Gasteiger partial charge in [-0.1, -0.05) is 30.3 Å². The molecule has 1 unspecified atom stereocenters. The highest BCUT2D eigenvalue weighted by molar-refractivity contribution is 5.17. The summed E-state index contributed by atoms with van der Waals surface area (Å²) in [6.45, 7) is 0.805. The zero-order valence-corrected chi connectivity index (χ0v) is 7.37. The average molecular weight is 186 g/mol. The minimum atomic E-state index is -2.82. The third kappa shape index (κ3) is 3.51. The molecule has 0 saturated heterocycles. The van der Waals surface area contributed by atoms with Crippen LogP contribution in [0.15, 0.2) is 30.3 Å². The van der Waals surface area contributed by atoms with Gasteiger partial charge in [0.15, 0.2) is 0 Å². The highest BCUT2D eigenvalue weighted by Crippen LogP contribution is 2.27. The zero-order valence-electron chi connectivity index (χ0n) is 7.37. The van der Waals surface area contributed by atoms with Crippen molar-refractivity contribution in [2.45, 2.75) is 25.4 Å². The van der Waals surface area contributed by atoms with E-state index in [1.807, 2.05) is 0 Å². The Morgan fingerprint density at radius 3 is 2.31 bits per heavy atom. The van der Waals surface area contributed by atoms with Crippen molar-refractivity contribution in [1.82, 2.24) is 0 Å². The van der Waals surface area contributed by atoms with Gasteiger partial charge in [-0.15, -0.1) is 0 Å². The van der Waals surface area contributed by atoms with Gasteiger partial charge in [-0.2, -0.15) is 0 Å². The first-order chi connectivity index (χ1) is 5.99. The molecule has 0 fully saturated rings. The first-order valence-electron chi connectivity index (χ1n) is 4.10. The van der Waals surface area contributed by atoms with Crippen LogP contribution >= 0.6 is 0 Å². The average Bonchev–Trinajstić information content (AvgIpc) is 2.03. The number of benzene rings is 1. The van der Waals surface area contributed by atoms with Crippen LogP contribution in [0.5, 0.6) is 0 Å². The summed E-state index contributed by atoms with van der Waals surface area (Å²) in [7, 11) is 0. The molecule has 1 aromatic carbocycles. The Morgan fingerprint density at radius 1 is 1.31 bits per heavy atom. The van der Waals surface area contributed by atoms with E-state index in [4.69, 9.17) is 0 Å². The molecule has 72 valence electrons. The molecule has 1 atom stereocenters. The van der Waals surface area contributed by atoms with Crippen molar-refractivity contribution in [2.24, 2.45) is 0 Å². The maximum absolute atomic E-state index is 12.5. The molecule has 0 spiro atoms. The van der Waals surface area contributed by atoms with Gasteiger partial charge in [-0.25, -0.2) is 8.78 Å². The maximum atomic E-state index is 12.5.